The summed E-state index contributed by atoms with van der Waals surface area (Å²) < 4.78 is 55.3. The maximum absolute atomic E-state index is 12.6. The number of nitrogen functional groups attached to an aromatic ring is 1. The van der Waals surface area contributed by atoms with Gasteiger partial charge in [0.05, 0.1) is 24.7 Å². The van der Waals surface area contributed by atoms with Gasteiger partial charge in [-0.25, -0.2) is 16.8 Å². The van der Waals surface area contributed by atoms with Gasteiger partial charge in [0.25, 0.3) is 0 Å². The van der Waals surface area contributed by atoms with E-state index in [0.717, 1.165) is 16.9 Å². The summed E-state index contributed by atoms with van der Waals surface area (Å²) in [5, 5.41) is 23.1. The number of H-pyrrole nitrogens is 2. The molecule has 2 atom stereocenters. The number of methoxy groups -OCH3 is 2. The lowest BCUT2D eigenvalue weighted by Crippen LogP contribution is -2.48. The summed E-state index contributed by atoms with van der Waals surface area (Å²) in [5.41, 5.74) is 7.07. The van der Waals surface area contributed by atoms with Crippen LogP contribution < -0.4 is 20.5 Å². The number of ether oxygens (including phenoxy) is 2. The number of hydrogen-bond donors (Lipinski definition) is 5. The summed E-state index contributed by atoms with van der Waals surface area (Å²) in [5.74, 6) is 0.922. The third-order valence-corrected chi connectivity index (χ3v) is 14.6. The van der Waals surface area contributed by atoms with Crippen molar-refractivity contribution in [2.45, 2.75) is 88.2 Å². The fourth-order valence-corrected chi connectivity index (χ4v) is 7.74. The molecule has 0 aliphatic rings. The number of hydrogen-bond acceptors (Lipinski definition) is 13. The van der Waals surface area contributed by atoms with E-state index in [1.54, 1.807) is 59.3 Å². The Hall–Kier alpha value is -5.04. The monoisotopic (exact) mass is 778 g/mol. The van der Waals surface area contributed by atoms with Crippen molar-refractivity contribution in [3.05, 3.63) is 48.5 Å². The summed E-state index contributed by atoms with van der Waals surface area (Å²) in [6, 6.07) is 14.6. The fraction of sp³-hybridized carbons (Fsp3) is 0.471. The van der Waals surface area contributed by atoms with Crippen LogP contribution in [0.15, 0.2) is 48.5 Å². The summed E-state index contributed by atoms with van der Waals surface area (Å²) in [4.78, 5) is 31.4. The summed E-state index contributed by atoms with van der Waals surface area (Å²) >= 11 is 0. The maximum atomic E-state index is 12.6. The minimum Gasteiger partial charge on any atom is -0.497 e. The molecular formula is C34H50N8O9S2. The van der Waals surface area contributed by atoms with E-state index in [1.807, 2.05) is 24.3 Å². The van der Waals surface area contributed by atoms with Crippen LogP contribution >= 0.6 is 0 Å². The number of nitrogens with one attached hydrogen (secondary N) is 3. The molecule has 1 amide bonds. The van der Waals surface area contributed by atoms with Gasteiger partial charge in [-0.3, -0.25) is 25.1 Å². The van der Waals surface area contributed by atoms with E-state index >= 15 is 0 Å². The molecule has 0 spiro atoms. The lowest BCUT2D eigenvalue weighted by molar-refractivity contribution is -0.139. The first kappa shape index (κ1) is 44.1. The second-order valence-corrected chi connectivity index (χ2v) is 18.6. The quantitative estimate of drug-likeness (QED) is 0.125. The van der Waals surface area contributed by atoms with Crippen molar-refractivity contribution in [1.82, 2.24) is 30.4 Å². The minimum atomic E-state index is -3.65. The molecular weight excluding hydrogens is 729 g/mol. The van der Waals surface area contributed by atoms with Gasteiger partial charge >= 0.3 is 5.97 Å². The van der Waals surface area contributed by atoms with Gasteiger partial charge in [0, 0.05) is 11.1 Å². The highest BCUT2D eigenvalue weighted by molar-refractivity contribution is 7.94. The third-order valence-electron chi connectivity index (χ3n) is 8.63. The van der Waals surface area contributed by atoms with E-state index in [0.29, 0.717) is 30.2 Å². The number of aromatic amines is 2. The molecule has 2 heterocycles. The Morgan fingerprint density at radius 3 is 1.51 bits per heavy atom. The number of amides is 1. The van der Waals surface area contributed by atoms with Crippen molar-refractivity contribution in [1.29, 1.82) is 0 Å². The lowest BCUT2D eigenvalue weighted by Gasteiger charge is -2.26. The van der Waals surface area contributed by atoms with Gasteiger partial charge in [0.2, 0.25) is 17.8 Å². The summed E-state index contributed by atoms with van der Waals surface area (Å²) in [7, 11) is -4.04. The van der Waals surface area contributed by atoms with Gasteiger partial charge < -0.3 is 20.3 Å². The average molecular weight is 779 g/mol. The number of carboxylic acids is 1. The Kier molecular flexibility index (Phi) is 15.1. The molecule has 0 bridgehead atoms. The normalized spacial score (nSPS) is 12.9. The highest BCUT2D eigenvalue weighted by Crippen LogP contribution is 2.26. The summed E-state index contributed by atoms with van der Waals surface area (Å²) in [6.45, 7) is 11.8. The molecule has 0 fully saturated rings. The molecule has 0 aliphatic carbocycles. The standard InChI is InChI=1S/C17H24N4O4S.C9H10N4O.C8H16O4S/c1-6-11(2)26(23,24)17(3,4)15(22)19-16-18-14(20-21-16)12-7-9-13(25-5)10-8-12;1-14-7-4-2-6(3-5-7)8-11-9(10)13-12-8;1-5-6(2)13(11,12)8(3,4)7(9)10/h7-11H,6H2,1-5H3,(H2,18,19,20,21,22);2-5H,1H3,(H3,10,11,12,13);6H,5H2,1-4H3,(H,9,10)/t11-;;6-/m1.1/s1. The first-order valence-corrected chi connectivity index (χ1v) is 19.6. The van der Waals surface area contributed by atoms with Gasteiger partial charge in [-0.15, -0.1) is 10.2 Å². The van der Waals surface area contributed by atoms with Crippen LogP contribution in [0.2, 0.25) is 0 Å². The zero-order valence-corrected chi connectivity index (χ0v) is 33.2. The highest BCUT2D eigenvalue weighted by Gasteiger charge is 2.45. The van der Waals surface area contributed by atoms with Gasteiger partial charge in [-0.2, -0.15) is 9.97 Å². The number of aliphatic carboxylic acids is 1. The van der Waals surface area contributed by atoms with Gasteiger partial charge in [-0.1, -0.05) is 13.8 Å². The molecule has 0 radical (unpaired) electrons. The number of carbonyl (C=O) groups excluding carboxylic acids is 1. The second-order valence-electron chi connectivity index (χ2n) is 12.8. The van der Waals surface area contributed by atoms with Crippen molar-refractivity contribution >= 4 is 43.4 Å². The second kappa shape index (κ2) is 18.1. The van der Waals surface area contributed by atoms with E-state index < -0.39 is 51.5 Å². The van der Waals surface area contributed by atoms with E-state index in [4.69, 9.17) is 20.3 Å². The predicted octanol–water partition coefficient (Wildman–Crippen LogP) is 4.54. The number of nitrogens with two attached hydrogens (primary N) is 1. The number of carboxylic acid groups (broad SMARTS) is 1. The number of anilines is 2. The average Bonchev–Trinajstić information content (AvgIpc) is 3.80. The van der Waals surface area contributed by atoms with E-state index in [9.17, 15) is 26.4 Å². The summed E-state index contributed by atoms with van der Waals surface area (Å²) in [6.07, 6.45) is 0.861. The van der Waals surface area contributed by atoms with Crippen molar-refractivity contribution < 1.29 is 41.0 Å². The van der Waals surface area contributed by atoms with Crippen molar-refractivity contribution in [2.75, 3.05) is 25.3 Å². The van der Waals surface area contributed by atoms with Crippen LogP contribution in [-0.2, 0) is 29.3 Å². The highest BCUT2D eigenvalue weighted by atomic mass is 32.2. The molecule has 4 aromatic rings. The largest absolute Gasteiger partial charge is 0.497 e. The predicted molar refractivity (Wildman–Crippen MR) is 203 cm³/mol. The van der Waals surface area contributed by atoms with Gasteiger partial charge in [0.15, 0.2) is 36.1 Å². The molecule has 2 aromatic carbocycles. The number of rotatable bonds is 13. The number of benzene rings is 2. The molecule has 17 nitrogen and oxygen atoms in total. The molecule has 0 saturated heterocycles. The van der Waals surface area contributed by atoms with Crippen LogP contribution in [0.5, 0.6) is 11.5 Å². The van der Waals surface area contributed by atoms with E-state index in [1.165, 1.54) is 34.6 Å². The minimum absolute atomic E-state index is 0.0215. The Bertz CT molecular complexity index is 2030. The molecule has 6 N–H and O–H groups in total. The number of aromatic nitrogens is 6. The van der Waals surface area contributed by atoms with Crippen LogP contribution in [0, 0.1) is 0 Å². The van der Waals surface area contributed by atoms with Crippen LogP contribution in [0.3, 0.4) is 0 Å². The molecule has 4 rings (SSSR count). The Balaban J connectivity index is 0.000000303. The van der Waals surface area contributed by atoms with Crippen LogP contribution in [-0.4, -0.2) is 98.4 Å². The van der Waals surface area contributed by atoms with Crippen molar-refractivity contribution in [3.63, 3.8) is 0 Å². The first-order chi connectivity index (χ1) is 24.6. The zero-order valence-electron chi connectivity index (χ0n) is 31.6. The smallest absolute Gasteiger partial charge is 0.324 e. The molecule has 0 unspecified atom stereocenters. The molecule has 2 aromatic heterocycles. The van der Waals surface area contributed by atoms with Gasteiger partial charge in [-0.05, 0) is 103 Å². The van der Waals surface area contributed by atoms with Crippen LogP contribution in [0.1, 0.15) is 68.2 Å². The lowest BCUT2D eigenvalue weighted by atomic mass is 10.2. The molecule has 292 valence electrons. The SMILES string of the molecule is CC[C@@H](C)S(=O)(=O)C(C)(C)C(=O)Nc1n[nH]c(-c2ccc(OC)cc2)n1.CC[C@@H](C)S(=O)(=O)C(C)(C)C(=O)O.COc1ccc(-c2nc(N)n[nH]2)cc1. The molecule has 53 heavy (non-hydrogen) atoms. The van der Waals surface area contributed by atoms with Gasteiger partial charge in [0.1, 0.15) is 16.2 Å². The fourth-order valence-electron chi connectivity index (χ4n) is 4.30. The third kappa shape index (κ3) is 10.5. The Morgan fingerprint density at radius 1 is 0.755 bits per heavy atom. The van der Waals surface area contributed by atoms with Crippen LogP contribution in [0.25, 0.3) is 22.8 Å². The Labute approximate surface area is 310 Å². The number of carbonyl (C=O) groups is 2. The van der Waals surface area contributed by atoms with Crippen LogP contribution in [0.4, 0.5) is 11.9 Å². The Morgan fingerprint density at radius 2 is 1.15 bits per heavy atom. The van der Waals surface area contributed by atoms with Crippen molar-refractivity contribution in [2.24, 2.45) is 0 Å². The van der Waals surface area contributed by atoms with Crippen molar-refractivity contribution in [3.8, 4) is 34.3 Å². The maximum Gasteiger partial charge on any atom is 0.324 e. The number of sulfone groups is 2. The van der Waals surface area contributed by atoms with E-state index in [-0.39, 0.29) is 11.9 Å². The zero-order chi connectivity index (χ0) is 40.4. The molecule has 19 heteroatoms. The topological polar surface area (TPSA) is 262 Å². The number of nitrogens with zero attached hydrogens (tertiary/aromatic N) is 4. The van der Waals surface area contributed by atoms with E-state index in [2.05, 4.69) is 35.7 Å². The molecule has 0 aliphatic heterocycles. The molecule has 0 saturated carbocycles. The first-order valence-electron chi connectivity index (χ1n) is 16.5.